The van der Waals surface area contributed by atoms with Gasteiger partial charge in [-0.2, -0.15) is 0 Å². The van der Waals surface area contributed by atoms with Crippen molar-refractivity contribution in [3.63, 3.8) is 0 Å². The normalized spacial score (nSPS) is 11.6. The Morgan fingerprint density at radius 1 is 1.29 bits per heavy atom. The van der Waals surface area contributed by atoms with Crippen LogP contribution in [0.4, 0.5) is 10.1 Å². The van der Waals surface area contributed by atoms with Crippen LogP contribution >= 0.6 is 22.7 Å². The number of benzene rings is 1. The molecule has 0 fully saturated rings. The number of aromatic nitrogens is 1. The number of nitrogens with zero attached hydrogens (tertiary/aromatic N) is 3. The van der Waals surface area contributed by atoms with Crippen LogP contribution in [0.1, 0.15) is 10.4 Å². The second kappa shape index (κ2) is 8.59. The van der Waals surface area contributed by atoms with E-state index < -0.39 is 4.92 Å². The fourth-order valence-corrected chi connectivity index (χ4v) is 4.40. The first-order valence-electron chi connectivity index (χ1n) is 8.74. The van der Waals surface area contributed by atoms with Crippen molar-refractivity contribution in [3.05, 3.63) is 57.0 Å². The van der Waals surface area contributed by atoms with Crippen molar-refractivity contribution < 1.29 is 14.6 Å². The van der Waals surface area contributed by atoms with Crippen LogP contribution in [0.5, 0.6) is 0 Å². The maximum Gasteiger partial charge on any atom is 0.324 e. The minimum absolute atomic E-state index is 0.0572. The third-order valence-corrected chi connectivity index (χ3v) is 6.17. The number of para-hydroxylation sites is 1. The first-order chi connectivity index (χ1) is 13.3. The Morgan fingerprint density at radius 3 is 2.71 bits per heavy atom. The van der Waals surface area contributed by atoms with Crippen molar-refractivity contribution in [2.24, 2.45) is 0 Å². The minimum Gasteiger partial charge on any atom is -0.338 e. The molecule has 0 saturated heterocycles. The zero-order valence-corrected chi connectivity index (χ0v) is 17.5. The number of thiazole rings is 1. The Labute approximate surface area is 170 Å². The van der Waals surface area contributed by atoms with Gasteiger partial charge in [0.15, 0.2) is 5.13 Å². The van der Waals surface area contributed by atoms with Crippen LogP contribution in [0, 0.1) is 17.0 Å². The first-order valence-corrected chi connectivity index (χ1v) is 10.4. The van der Waals surface area contributed by atoms with E-state index in [1.807, 2.05) is 39.2 Å². The molecule has 0 saturated carbocycles. The predicted octanol–water partition coefficient (Wildman–Crippen LogP) is 2.77. The summed E-state index contributed by atoms with van der Waals surface area (Å²) in [5.41, 5.74) is 1.99. The molecule has 0 aliphatic carbocycles. The molecule has 0 spiro atoms. The molecule has 7 nitrogen and oxygen atoms in total. The zero-order chi connectivity index (χ0) is 20.3. The molecule has 1 aromatic carbocycles. The summed E-state index contributed by atoms with van der Waals surface area (Å²) < 4.78 is 1.04. The number of nitro groups is 1. The van der Waals surface area contributed by atoms with Gasteiger partial charge in [0, 0.05) is 17.0 Å². The quantitative estimate of drug-likeness (QED) is 0.364. The lowest BCUT2D eigenvalue weighted by Crippen LogP contribution is -3.06. The maximum absolute atomic E-state index is 12.9. The molecule has 0 atom stereocenters. The fraction of sp³-hybridized carbons (Fsp3) is 0.263. The van der Waals surface area contributed by atoms with Crippen LogP contribution in [-0.2, 0) is 4.79 Å². The summed E-state index contributed by atoms with van der Waals surface area (Å²) in [4.78, 5) is 31.5. The van der Waals surface area contributed by atoms with Crippen LogP contribution in [0.25, 0.3) is 16.3 Å². The maximum atomic E-state index is 12.9. The van der Waals surface area contributed by atoms with Crippen LogP contribution in [0.15, 0.2) is 36.4 Å². The minimum atomic E-state index is -0.431. The molecule has 3 rings (SSSR count). The van der Waals surface area contributed by atoms with Gasteiger partial charge in [0.25, 0.3) is 5.91 Å². The van der Waals surface area contributed by atoms with Gasteiger partial charge in [-0.05, 0) is 30.7 Å². The van der Waals surface area contributed by atoms with E-state index in [1.54, 1.807) is 17.0 Å². The third-order valence-electron chi connectivity index (χ3n) is 4.12. The Morgan fingerprint density at radius 2 is 2.07 bits per heavy atom. The highest BCUT2D eigenvalue weighted by molar-refractivity contribution is 7.22. The third kappa shape index (κ3) is 4.61. The highest BCUT2D eigenvalue weighted by atomic mass is 32.1. The van der Waals surface area contributed by atoms with Gasteiger partial charge in [0.1, 0.15) is 0 Å². The van der Waals surface area contributed by atoms with Crippen molar-refractivity contribution in [3.8, 4) is 0 Å². The molecule has 2 heterocycles. The van der Waals surface area contributed by atoms with E-state index in [0.29, 0.717) is 16.6 Å². The van der Waals surface area contributed by atoms with Crippen LogP contribution in [0.3, 0.4) is 0 Å². The number of likely N-dealkylation sites (N-methyl/N-ethyl adjacent to an activating group) is 1. The van der Waals surface area contributed by atoms with Crippen LogP contribution < -0.4 is 9.80 Å². The van der Waals surface area contributed by atoms with E-state index in [4.69, 9.17) is 0 Å². The van der Waals surface area contributed by atoms with Gasteiger partial charge in [-0.25, -0.2) is 4.98 Å². The monoisotopic (exact) mass is 417 g/mol. The number of quaternary nitrogens is 1. The summed E-state index contributed by atoms with van der Waals surface area (Å²) in [7, 11) is 4.07. The Balaban J connectivity index is 1.87. The van der Waals surface area contributed by atoms with Gasteiger partial charge in [-0.15, -0.1) is 0 Å². The SMILES string of the molecule is Cc1cccc2sc(N(CC[NH+](C)C)C(=O)/C=C/c3ccc([N+](=O)[O-])s3)nc12. The number of thiophene rings is 1. The van der Waals surface area contributed by atoms with E-state index in [9.17, 15) is 14.9 Å². The standard InChI is InChI=1S/C19H20N4O3S2/c1-13-5-4-6-15-18(13)20-19(28-15)22(12-11-21(2)3)16(24)9-7-14-8-10-17(27-14)23(25)26/h4-10H,11-12H2,1-3H3/p+1/b9-7+. The lowest BCUT2D eigenvalue weighted by molar-refractivity contribution is -0.856. The first kappa shape index (κ1) is 20.1. The van der Waals surface area contributed by atoms with E-state index in [-0.39, 0.29) is 10.9 Å². The molecule has 3 aromatic rings. The topological polar surface area (TPSA) is 80.8 Å². The van der Waals surface area contributed by atoms with E-state index in [2.05, 4.69) is 4.98 Å². The highest BCUT2D eigenvalue weighted by Gasteiger charge is 2.19. The zero-order valence-electron chi connectivity index (χ0n) is 15.8. The molecule has 9 heteroatoms. The molecule has 1 amide bonds. The highest BCUT2D eigenvalue weighted by Crippen LogP contribution is 2.31. The van der Waals surface area contributed by atoms with E-state index >= 15 is 0 Å². The Kier molecular flexibility index (Phi) is 6.18. The lowest BCUT2D eigenvalue weighted by atomic mass is 10.2. The molecule has 2 aromatic heterocycles. The van der Waals surface area contributed by atoms with E-state index in [1.165, 1.54) is 28.4 Å². The van der Waals surface area contributed by atoms with Gasteiger partial charge in [0.05, 0.1) is 42.3 Å². The molecular formula is C19H21N4O3S2+. The smallest absolute Gasteiger partial charge is 0.324 e. The van der Waals surface area contributed by atoms with Crippen LogP contribution in [-0.4, -0.2) is 43.0 Å². The molecule has 28 heavy (non-hydrogen) atoms. The number of carbonyl (C=O) groups excluding carboxylic acids is 1. The number of amides is 1. The average molecular weight is 418 g/mol. The van der Waals surface area contributed by atoms with Crippen molar-refractivity contribution in [1.29, 1.82) is 0 Å². The molecule has 1 N–H and O–H groups in total. The Hall–Kier alpha value is -2.62. The number of aryl methyl sites for hydroxylation is 1. The number of hydrogen-bond acceptors (Lipinski definition) is 6. The number of anilines is 1. The van der Waals surface area contributed by atoms with Gasteiger partial charge < -0.3 is 4.90 Å². The largest absolute Gasteiger partial charge is 0.338 e. The molecule has 0 radical (unpaired) electrons. The molecular weight excluding hydrogens is 396 g/mol. The molecule has 0 bridgehead atoms. The summed E-state index contributed by atoms with van der Waals surface area (Å²) in [6.07, 6.45) is 3.08. The van der Waals surface area contributed by atoms with Crippen LogP contribution in [0.2, 0.25) is 0 Å². The average Bonchev–Trinajstić information content (AvgIpc) is 3.27. The van der Waals surface area contributed by atoms with E-state index in [0.717, 1.165) is 33.7 Å². The van der Waals surface area contributed by atoms with Gasteiger partial charge in [-0.3, -0.25) is 19.8 Å². The summed E-state index contributed by atoms with van der Waals surface area (Å²) >= 11 is 2.53. The Bertz CT molecular complexity index is 1040. The second-order valence-electron chi connectivity index (χ2n) is 6.63. The van der Waals surface area contributed by atoms with Gasteiger partial charge in [0.2, 0.25) is 0 Å². The molecule has 146 valence electrons. The van der Waals surface area contributed by atoms with Gasteiger partial charge in [-0.1, -0.05) is 34.8 Å². The van der Waals surface area contributed by atoms with Crippen molar-refractivity contribution >= 4 is 55.0 Å². The molecule has 0 unspecified atom stereocenters. The summed E-state index contributed by atoms with van der Waals surface area (Å²) in [5.74, 6) is -0.186. The molecule has 0 aliphatic rings. The number of rotatable bonds is 7. The number of fused-ring (bicyclic) bond motifs is 1. The predicted molar refractivity (Wildman–Crippen MR) is 114 cm³/mol. The summed E-state index contributed by atoms with van der Waals surface area (Å²) in [5, 5.41) is 11.5. The number of nitrogens with one attached hydrogen (secondary N) is 1. The van der Waals surface area contributed by atoms with Crippen molar-refractivity contribution in [2.45, 2.75) is 6.92 Å². The number of hydrogen-bond donors (Lipinski definition) is 1. The van der Waals surface area contributed by atoms with Crippen molar-refractivity contribution in [2.75, 3.05) is 32.1 Å². The summed E-state index contributed by atoms with van der Waals surface area (Å²) in [6.45, 7) is 3.32. The molecule has 0 aliphatic heterocycles. The summed E-state index contributed by atoms with van der Waals surface area (Å²) in [6, 6.07) is 9.08. The van der Waals surface area contributed by atoms with Crippen molar-refractivity contribution in [1.82, 2.24) is 4.98 Å². The fourth-order valence-electron chi connectivity index (χ4n) is 2.60. The van der Waals surface area contributed by atoms with Gasteiger partial charge >= 0.3 is 5.00 Å². The second-order valence-corrected chi connectivity index (χ2v) is 8.73. The lowest BCUT2D eigenvalue weighted by Gasteiger charge is -2.19. The number of carbonyl (C=O) groups is 1.